The van der Waals surface area contributed by atoms with Gasteiger partial charge in [0.1, 0.15) is 0 Å². The topological polar surface area (TPSA) is 26.0 Å². The predicted molar refractivity (Wildman–Crippen MR) is 105 cm³/mol. The maximum atomic E-state index is 6.54. The first-order chi connectivity index (χ1) is 11.6. The van der Waals surface area contributed by atoms with Crippen molar-refractivity contribution in [1.29, 1.82) is 0 Å². The van der Waals surface area contributed by atoms with E-state index in [1.807, 2.05) is 0 Å². The van der Waals surface area contributed by atoms with Gasteiger partial charge in [-0.1, -0.05) is 86.6 Å². The van der Waals surface area contributed by atoms with Crippen LogP contribution in [-0.4, -0.2) is 0 Å². The van der Waals surface area contributed by atoms with Crippen molar-refractivity contribution in [2.75, 3.05) is 5.73 Å². The van der Waals surface area contributed by atoms with Crippen LogP contribution in [0.4, 0.5) is 5.69 Å². The van der Waals surface area contributed by atoms with Gasteiger partial charge >= 0.3 is 0 Å². The van der Waals surface area contributed by atoms with Gasteiger partial charge in [0.05, 0.1) is 0 Å². The highest BCUT2D eigenvalue weighted by molar-refractivity contribution is 6.13. The fraction of sp³-hybridized carbons (Fsp3) is 0.130. The van der Waals surface area contributed by atoms with Gasteiger partial charge < -0.3 is 5.73 Å². The Balaban J connectivity index is 1.91. The first-order valence-electron chi connectivity index (χ1n) is 8.45. The third kappa shape index (κ3) is 2.33. The summed E-state index contributed by atoms with van der Waals surface area (Å²) >= 11 is 0. The standard InChI is InChI=1S/C23H21N/c1-15(2)16-7-9-18(10-8-16)20-13-14-21-19-6-4-3-5-17(19)11-12-22(21)23(20)24/h3-15H,24H2,1-2H3. The van der Waals surface area contributed by atoms with Gasteiger partial charge in [-0.05, 0) is 33.2 Å². The van der Waals surface area contributed by atoms with Crippen molar-refractivity contribution in [2.45, 2.75) is 19.8 Å². The minimum atomic E-state index is 0.541. The first-order valence-corrected chi connectivity index (χ1v) is 8.45. The summed E-state index contributed by atoms with van der Waals surface area (Å²) in [4.78, 5) is 0. The van der Waals surface area contributed by atoms with E-state index in [9.17, 15) is 0 Å². The minimum absolute atomic E-state index is 0.541. The molecule has 1 nitrogen and oxygen atoms in total. The zero-order valence-corrected chi connectivity index (χ0v) is 14.1. The molecule has 0 aromatic heterocycles. The smallest absolute Gasteiger partial charge is 0.0473 e. The number of nitrogen functional groups attached to an aromatic ring is 1. The van der Waals surface area contributed by atoms with Gasteiger partial charge in [0.25, 0.3) is 0 Å². The van der Waals surface area contributed by atoms with E-state index in [0.717, 1.165) is 16.6 Å². The van der Waals surface area contributed by atoms with Crippen molar-refractivity contribution in [2.24, 2.45) is 0 Å². The van der Waals surface area contributed by atoms with Crippen molar-refractivity contribution in [3.8, 4) is 11.1 Å². The molecule has 0 unspecified atom stereocenters. The lowest BCUT2D eigenvalue weighted by molar-refractivity contribution is 0.867. The quantitative estimate of drug-likeness (QED) is 0.338. The van der Waals surface area contributed by atoms with Gasteiger partial charge in [-0.15, -0.1) is 0 Å². The van der Waals surface area contributed by atoms with Gasteiger partial charge in [0.15, 0.2) is 0 Å². The van der Waals surface area contributed by atoms with E-state index in [1.54, 1.807) is 0 Å². The highest BCUT2D eigenvalue weighted by atomic mass is 14.6. The maximum Gasteiger partial charge on any atom is 0.0473 e. The van der Waals surface area contributed by atoms with Crippen LogP contribution in [0.3, 0.4) is 0 Å². The van der Waals surface area contributed by atoms with Crippen LogP contribution in [0.2, 0.25) is 0 Å². The molecular weight excluding hydrogens is 290 g/mol. The van der Waals surface area contributed by atoms with Crippen LogP contribution in [-0.2, 0) is 0 Å². The predicted octanol–water partition coefficient (Wildman–Crippen LogP) is 6.37. The molecule has 0 radical (unpaired) electrons. The number of anilines is 1. The van der Waals surface area contributed by atoms with E-state index >= 15 is 0 Å². The van der Waals surface area contributed by atoms with Gasteiger partial charge in [0.2, 0.25) is 0 Å². The van der Waals surface area contributed by atoms with E-state index in [-0.39, 0.29) is 0 Å². The number of rotatable bonds is 2. The Hall–Kier alpha value is -2.80. The van der Waals surface area contributed by atoms with E-state index in [2.05, 4.69) is 86.6 Å². The molecule has 0 saturated carbocycles. The molecule has 4 aromatic carbocycles. The Morgan fingerprint density at radius 3 is 2.12 bits per heavy atom. The molecule has 118 valence electrons. The number of hydrogen-bond donors (Lipinski definition) is 1. The average molecular weight is 311 g/mol. The monoisotopic (exact) mass is 311 g/mol. The lowest BCUT2D eigenvalue weighted by Crippen LogP contribution is -1.93. The summed E-state index contributed by atoms with van der Waals surface area (Å²) in [5.74, 6) is 0.541. The molecule has 0 aliphatic rings. The van der Waals surface area contributed by atoms with Gasteiger partial charge in [-0.3, -0.25) is 0 Å². The van der Waals surface area contributed by atoms with E-state index in [4.69, 9.17) is 5.73 Å². The Labute approximate surface area is 142 Å². The normalized spacial score (nSPS) is 11.5. The Morgan fingerprint density at radius 1 is 0.667 bits per heavy atom. The van der Waals surface area contributed by atoms with Crippen LogP contribution in [0.5, 0.6) is 0 Å². The third-order valence-corrected chi connectivity index (χ3v) is 4.86. The molecule has 0 aliphatic heterocycles. The SMILES string of the molecule is CC(C)c1ccc(-c2ccc3c(ccc4ccccc43)c2N)cc1. The maximum absolute atomic E-state index is 6.54. The third-order valence-electron chi connectivity index (χ3n) is 4.86. The Kier molecular flexibility index (Phi) is 3.50. The number of benzene rings is 4. The van der Waals surface area contributed by atoms with Crippen molar-refractivity contribution >= 4 is 27.2 Å². The van der Waals surface area contributed by atoms with Crippen LogP contribution < -0.4 is 5.73 Å². The molecule has 0 spiro atoms. The van der Waals surface area contributed by atoms with Gasteiger partial charge in [0, 0.05) is 16.6 Å². The van der Waals surface area contributed by atoms with Crippen LogP contribution in [0.25, 0.3) is 32.7 Å². The van der Waals surface area contributed by atoms with Crippen LogP contribution in [0.15, 0.2) is 72.8 Å². The lowest BCUT2D eigenvalue weighted by atomic mass is 9.94. The van der Waals surface area contributed by atoms with Gasteiger partial charge in [-0.2, -0.15) is 0 Å². The molecule has 0 fully saturated rings. The molecule has 4 aromatic rings. The Bertz CT molecular complexity index is 1030. The summed E-state index contributed by atoms with van der Waals surface area (Å²) in [6, 6.07) is 25.8. The van der Waals surface area contributed by atoms with Crippen molar-refractivity contribution in [3.05, 3.63) is 78.4 Å². The van der Waals surface area contributed by atoms with Crippen LogP contribution in [0.1, 0.15) is 25.3 Å². The fourth-order valence-corrected chi connectivity index (χ4v) is 3.41. The molecule has 1 heteroatoms. The summed E-state index contributed by atoms with van der Waals surface area (Å²) in [6.45, 7) is 4.43. The molecule has 0 aliphatic carbocycles. The average Bonchev–Trinajstić information content (AvgIpc) is 2.62. The summed E-state index contributed by atoms with van der Waals surface area (Å²) < 4.78 is 0. The molecule has 0 amide bonds. The molecule has 0 heterocycles. The molecule has 4 rings (SSSR count). The number of hydrogen-bond acceptors (Lipinski definition) is 1. The zero-order valence-electron chi connectivity index (χ0n) is 14.1. The number of fused-ring (bicyclic) bond motifs is 3. The molecule has 24 heavy (non-hydrogen) atoms. The highest BCUT2D eigenvalue weighted by Gasteiger charge is 2.09. The summed E-state index contributed by atoms with van der Waals surface area (Å²) in [6.07, 6.45) is 0. The zero-order chi connectivity index (χ0) is 16.7. The summed E-state index contributed by atoms with van der Waals surface area (Å²) in [5.41, 5.74) is 11.0. The molecule has 2 N–H and O–H groups in total. The van der Waals surface area contributed by atoms with E-state index in [1.165, 1.54) is 27.3 Å². The van der Waals surface area contributed by atoms with Crippen LogP contribution >= 0.6 is 0 Å². The second-order valence-corrected chi connectivity index (χ2v) is 6.69. The molecule has 0 bridgehead atoms. The second kappa shape index (κ2) is 5.68. The minimum Gasteiger partial charge on any atom is -0.398 e. The first kappa shape index (κ1) is 14.8. The summed E-state index contributed by atoms with van der Waals surface area (Å²) in [5, 5.41) is 4.84. The number of nitrogens with two attached hydrogens (primary N) is 1. The molecule has 0 saturated heterocycles. The fourth-order valence-electron chi connectivity index (χ4n) is 3.41. The van der Waals surface area contributed by atoms with Crippen LogP contribution in [0, 0.1) is 0 Å². The highest BCUT2D eigenvalue weighted by Crippen LogP contribution is 2.36. The largest absolute Gasteiger partial charge is 0.398 e. The summed E-state index contributed by atoms with van der Waals surface area (Å²) in [7, 11) is 0. The second-order valence-electron chi connectivity index (χ2n) is 6.69. The molecule has 0 atom stereocenters. The van der Waals surface area contributed by atoms with E-state index < -0.39 is 0 Å². The van der Waals surface area contributed by atoms with Crippen molar-refractivity contribution < 1.29 is 0 Å². The Morgan fingerprint density at radius 2 is 1.38 bits per heavy atom. The van der Waals surface area contributed by atoms with Crippen molar-refractivity contribution in [3.63, 3.8) is 0 Å². The van der Waals surface area contributed by atoms with Gasteiger partial charge in [-0.25, -0.2) is 0 Å². The van der Waals surface area contributed by atoms with E-state index in [0.29, 0.717) is 5.92 Å². The lowest BCUT2D eigenvalue weighted by Gasteiger charge is -2.13. The molecular formula is C23H21N. The van der Waals surface area contributed by atoms with Crippen molar-refractivity contribution in [1.82, 2.24) is 0 Å².